The van der Waals surface area contributed by atoms with Crippen molar-refractivity contribution in [3.05, 3.63) is 16.1 Å². The maximum absolute atomic E-state index is 11.3. The van der Waals surface area contributed by atoms with Gasteiger partial charge in [-0.15, -0.1) is 11.3 Å². The third-order valence-electron chi connectivity index (χ3n) is 2.11. The van der Waals surface area contributed by atoms with Crippen LogP contribution in [-0.4, -0.2) is 24.1 Å². The van der Waals surface area contributed by atoms with Gasteiger partial charge >= 0.3 is 5.97 Å². The lowest BCUT2D eigenvalue weighted by Crippen LogP contribution is -2.27. The second-order valence-electron chi connectivity index (χ2n) is 3.64. The molecule has 0 amide bonds. The van der Waals surface area contributed by atoms with E-state index in [-0.39, 0.29) is 11.9 Å². The van der Waals surface area contributed by atoms with Crippen LogP contribution in [-0.2, 0) is 16.1 Å². The number of hydrogen-bond donors (Lipinski definition) is 1. The molecule has 1 aromatic heterocycles. The van der Waals surface area contributed by atoms with Crippen LogP contribution < -0.4 is 5.32 Å². The van der Waals surface area contributed by atoms with E-state index in [0.717, 1.165) is 10.7 Å². The van der Waals surface area contributed by atoms with Gasteiger partial charge in [-0.05, 0) is 13.8 Å². The van der Waals surface area contributed by atoms with E-state index in [0.29, 0.717) is 19.7 Å². The molecule has 16 heavy (non-hydrogen) atoms. The summed E-state index contributed by atoms with van der Waals surface area (Å²) in [5, 5.41) is 6.29. The van der Waals surface area contributed by atoms with Gasteiger partial charge in [-0.2, -0.15) is 0 Å². The first-order chi connectivity index (χ1) is 7.63. The second kappa shape index (κ2) is 6.60. The smallest absolute Gasteiger partial charge is 0.309 e. The maximum atomic E-state index is 11.3. The third-order valence-corrected chi connectivity index (χ3v) is 2.93. The third kappa shape index (κ3) is 4.28. The number of aromatic nitrogens is 1. The van der Waals surface area contributed by atoms with Crippen molar-refractivity contribution in [3.63, 3.8) is 0 Å². The molecule has 1 rings (SSSR count). The number of nitrogens with zero attached hydrogens (tertiary/aromatic N) is 1. The first-order valence-corrected chi connectivity index (χ1v) is 6.29. The van der Waals surface area contributed by atoms with E-state index >= 15 is 0 Å². The summed E-state index contributed by atoms with van der Waals surface area (Å²) >= 11 is 1.63. The summed E-state index contributed by atoms with van der Waals surface area (Å²) in [7, 11) is 0. The van der Waals surface area contributed by atoms with E-state index in [4.69, 9.17) is 4.74 Å². The van der Waals surface area contributed by atoms with Crippen molar-refractivity contribution in [1.29, 1.82) is 0 Å². The van der Waals surface area contributed by atoms with Crippen LogP contribution in [0.2, 0.25) is 0 Å². The van der Waals surface area contributed by atoms with Gasteiger partial charge in [-0.3, -0.25) is 4.79 Å². The standard InChI is InChI=1S/C11H18N2O2S/c1-4-15-11(14)8(2)5-12-6-10-7-16-9(3)13-10/h7-8,12H,4-6H2,1-3H3. The number of esters is 1. The molecule has 0 aliphatic heterocycles. The van der Waals surface area contributed by atoms with E-state index < -0.39 is 0 Å². The largest absolute Gasteiger partial charge is 0.466 e. The summed E-state index contributed by atoms with van der Waals surface area (Å²) in [6, 6.07) is 0. The molecule has 0 saturated heterocycles. The van der Waals surface area contributed by atoms with Crippen LogP contribution in [0, 0.1) is 12.8 Å². The predicted octanol–water partition coefficient (Wildman–Crippen LogP) is 1.74. The predicted molar refractivity (Wildman–Crippen MR) is 64.4 cm³/mol. The molecule has 0 saturated carbocycles. The molecule has 0 aliphatic carbocycles. The Morgan fingerprint density at radius 1 is 1.69 bits per heavy atom. The average molecular weight is 242 g/mol. The zero-order chi connectivity index (χ0) is 12.0. The minimum absolute atomic E-state index is 0.111. The van der Waals surface area contributed by atoms with Gasteiger partial charge in [0.2, 0.25) is 0 Å². The zero-order valence-corrected chi connectivity index (χ0v) is 10.8. The Morgan fingerprint density at radius 2 is 2.44 bits per heavy atom. The fraction of sp³-hybridized carbons (Fsp3) is 0.636. The molecule has 1 aromatic rings. The van der Waals surface area contributed by atoms with E-state index in [2.05, 4.69) is 10.3 Å². The van der Waals surface area contributed by atoms with Crippen molar-refractivity contribution >= 4 is 17.3 Å². The van der Waals surface area contributed by atoms with E-state index in [1.165, 1.54) is 0 Å². The summed E-state index contributed by atoms with van der Waals surface area (Å²) < 4.78 is 4.92. The molecule has 5 heteroatoms. The highest BCUT2D eigenvalue weighted by atomic mass is 32.1. The normalized spacial score (nSPS) is 12.4. The monoisotopic (exact) mass is 242 g/mol. The van der Waals surface area contributed by atoms with Gasteiger partial charge in [0, 0.05) is 18.5 Å². The summed E-state index contributed by atoms with van der Waals surface area (Å²) in [6.45, 7) is 7.42. The Kier molecular flexibility index (Phi) is 5.42. The summed E-state index contributed by atoms with van der Waals surface area (Å²) in [5.74, 6) is -0.260. The maximum Gasteiger partial charge on any atom is 0.309 e. The zero-order valence-electron chi connectivity index (χ0n) is 9.95. The average Bonchev–Trinajstić information content (AvgIpc) is 2.64. The SMILES string of the molecule is CCOC(=O)C(C)CNCc1csc(C)n1. The molecule has 4 nitrogen and oxygen atoms in total. The molecular formula is C11H18N2O2S. The van der Waals surface area contributed by atoms with Crippen molar-refractivity contribution < 1.29 is 9.53 Å². The number of thiazole rings is 1. The molecule has 90 valence electrons. The molecule has 0 fully saturated rings. The molecule has 1 unspecified atom stereocenters. The van der Waals surface area contributed by atoms with Crippen molar-refractivity contribution in [2.45, 2.75) is 27.3 Å². The van der Waals surface area contributed by atoms with Gasteiger partial charge in [0.1, 0.15) is 0 Å². The minimum Gasteiger partial charge on any atom is -0.466 e. The van der Waals surface area contributed by atoms with Crippen LogP contribution in [0.4, 0.5) is 0 Å². The topological polar surface area (TPSA) is 51.2 Å². The van der Waals surface area contributed by atoms with Gasteiger partial charge in [0.15, 0.2) is 0 Å². The van der Waals surface area contributed by atoms with Crippen molar-refractivity contribution in [3.8, 4) is 0 Å². The Bertz CT molecular complexity index is 338. The highest BCUT2D eigenvalue weighted by Gasteiger charge is 2.13. The van der Waals surface area contributed by atoms with Crippen LogP contribution in [0.3, 0.4) is 0 Å². The molecule has 0 radical (unpaired) electrons. The Hall–Kier alpha value is -0.940. The number of carbonyl (C=O) groups is 1. The number of hydrogen-bond acceptors (Lipinski definition) is 5. The van der Waals surface area contributed by atoms with Gasteiger partial charge in [-0.25, -0.2) is 4.98 Å². The summed E-state index contributed by atoms with van der Waals surface area (Å²) in [5.41, 5.74) is 1.03. The number of nitrogens with one attached hydrogen (secondary N) is 1. The fourth-order valence-electron chi connectivity index (χ4n) is 1.27. The van der Waals surface area contributed by atoms with E-state index in [9.17, 15) is 4.79 Å². The first kappa shape index (κ1) is 13.1. The lowest BCUT2D eigenvalue weighted by molar-refractivity contribution is -0.147. The number of carbonyl (C=O) groups excluding carboxylic acids is 1. The molecule has 1 heterocycles. The summed E-state index contributed by atoms with van der Waals surface area (Å²) in [6.07, 6.45) is 0. The van der Waals surface area contributed by atoms with Gasteiger partial charge in [-0.1, -0.05) is 6.92 Å². The van der Waals surface area contributed by atoms with Crippen LogP contribution in [0.25, 0.3) is 0 Å². The number of aryl methyl sites for hydroxylation is 1. The van der Waals surface area contributed by atoms with Crippen LogP contribution in [0.5, 0.6) is 0 Å². The molecule has 0 spiro atoms. The number of rotatable bonds is 6. The molecular weight excluding hydrogens is 224 g/mol. The molecule has 1 N–H and O–H groups in total. The fourth-order valence-corrected chi connectivity index (χ4v) is 1.89. The Balaban J connectivity index is 2.22. The van der Waals surface area contributed by atoms with E-state index in [1.54, 1.807) is 11.3 Å². The first-order valence-electron chi connectivity index (χ1n) is 5.41. The van der Waals surface area contributed by atoms with Crippen LogP contribution >= 0.6 is 11.3 Å². The van der Waals surface area contributed by atoms with Gasteiger partial charge in [0.25, 0.3) is 0 Å². The minimum atomic E-state index is -0.149. The Morgan fingerprint density at radius 3 is 3.00 bits per heavy atom. The van der Waals surface area contributed by atoms with E-state index in [1.807, 2.05) is 26.2 Å². The molecule has 1 atom stereocenters. The lowest BCUT2D eigenvalue weighted by atomic mass is 10.2. The molecule has 0 aliphatic rings. The number of ether oxygens (including phenoxy) is 1. The second-order valence-corrected chi connectivity index (χ2v) is 4.70. The molecule has 0 aromatic carbocycles. The Labute approximate surface area is 100 Å². The van der Waals surface area contributed by atoms with Crippen LogP contribution in [0.1, 0.15) is 24.5 Å². The summed E-state index contributed by atoms with van der Waals surface area (Å²) in [4.78, 5) is 15.6. The quantitative estimate of drug-likeness (QED) is 0.772. The van der Waals surface area contributed by atoms with Crippen LogP contribution in [0.15, 0.2) is 5.38 Å². The lowest BCUT2D eigenvalue weighted by Gasteiger charge is -2.10. The highest BCUT2D eigenvalue weighted by molar-refractivity contribution is 7.09. The van der Waals surface area contributed by atoms with Gasteiger partial charge < -0.3 is 10.1 Å². The molecule has 0 bridgehead atoms. The highest BCUT2D eigenvalue weighted by Crippen LogP contribution is 2.07. The van der Waals surface area contributed by atoms with Crippen molar-refractivity contribution in [2.24, 2.45) is 5.92 Å². The van der Waals surface area contributed by atoms with Crippen molar-refractivity contribution in [2.75, 3.05) is 13.2 Å². The van der Waals surface area contributed by atoms with Gasteiger partial charge in [0.05, 0.1) is 23.2 Å². The van der Waals surface area contributed by atoms with Crippen molar-refractivity contribution in [1.82, 2.24) is 10.3 Å².